The quantitative estimate of drug-likeness (QED) is 0.322. The lowest BCUT2D eigenvalue weighted by molar-refractivity contribution is -0.147. The van der Waals surface area contributed by atoms with Crippen molar-refractivity contribution in [2.45, 2.75) is 37.1 Å². The number of carbonyl (C=O) groups is 3. The van der Waals surface area contributed by atoms with Crippen LogP contribution in [0.25, 0.3) is 0 Å². The molecule has 136 valence electrons. The topological polar surface area (TPSA) is 75.7 Å². The van der Waals surface area contributed by atoms with Gasteiger partial charge < -0.3 is 10.1 Å². The van der Waals surface area contributed by atoms with Crippen molar-refractivity contribution in [2.24, 2.45) is 0 Å². The molecule has 0 saturated carbocycles. The first kappa shape index (κ1) is 19.6. The fourth-order valence-electron chi connectivity index (χ4n) is 2.57. The van der Waals surface area contributed by atoms with Crippen LogP contribution in [0.1, 0.15) is 26.7 Å². The van der Waals surface area contributed by atoms with Gasteiger partial charge in [0.2, 0.25) is 0 Å². The van der Waals surface area contributed by atoms with E-state index in [0.717, 1.165) is 9.80 Å². The molecule has 0 radical (unpaired) electrons. The third-order valence-electron chi connectivity index (χ3n) is 4.17. The molecule has 1 aliphatic heterocycles. The summed E-state index contributed by atoms with van der Waals surface area (Å²) >= 11 is 7.34. The molecular formula is C17H21ClN2O4S. The number of benzene rings is 1. The molecule has 1 fully saturated rings. The maximum Gasteiger partial charge on any atom is 0.326 e. The van der Waals surface area contributed by atoms with Crippen molar-refractivity contribution in [1.29, 1.82) is 0 Å². The van der Waals surface area contributed by atoms with E-state index >= 15 is 0 Å². The third kappa shape index (κ3) is 4.67. The number of amides is 3. The molecule has 0 aromatic heterocycles. The minimum Gasteiger partial charge on any atom is -0.463 e. The summed E-state index contributed by atoms with van der Waals surface area (Å²) in [6.07, 6.45) is 0.967. The Hall–Kier alpha value is -1.73. The number of thioether (sulfide) groups is 1. The van der Waals surface area contributed by atoms with Crippen molar-refractivity contribution in [3.8, 4) is 0 Å². The minimum atomic E-state index is -0.901. The molecule has 0 bridgehead atoms. The number of hydrogen-bond acceptors (Lipinski definition) is 5. The van der Waals surface area contributed by atoms with Gasteiger partial charge in [-0.05, 0) is 37.1 Å². The Morgan fingerprint density at radius 3 is 2.44 bits per heavy atom. The average Bonchev–Trinajstić information content (AvgIpc) is 2.85. The molecule has 6 nitrogen and oxygen atoms in total. The molecule has 2 rings (SSSR count). The molecule has 3 amide bonds. The molecule has 0 atom stereocenters. The molecule has 8 heteroatoms. The Labute approximate surface area is 156 Å². The van der Waals surface area contributed by atoms with Gasteiger partial charge in [-0.25, -0.2) is 4.79 Å². The van der Waals surface area contributed by atoms with Crippen molar-refractivity contribution in [2.75, 3.05) is 18.9 Å². The number of esters is 1. The van der Waals surface area contributed by atoms with Crippen LogP contribution in [0.3, 0.4) is 0 Å². The van der Waals surface area contributed by atoms with Crippen LogP contribution < -0.4 is 5.32 Å². The Morgan fingerprint density at radius 1 is 1.24 bits per heavy atom. The molecule has 0 aliphatic carbocycles. The second-order valence-electron chi connectivity index (χ2n) is 5.63. The van der Waals surface area contributed by atoms with Crippen LogP contribution in [-0.2, 0) is 14.3 Å². The smallest absolute Gasteiger partial charge is 0.326 e. The van der Waals surface area contributed by atoms with Gasteiger partial charge in [-0.15, -0.1) is 11.8 Å². The molecular weight excluding hydrogens is 364 g/mol. The van der Waals surface area contributed by atoms with Crippen molar-refractivity contribution < 1.29 is 19.1 Å². The van der Waals surface area contributed by atoms with Gasteiger partial charge in [0.1, 0.15) is 18.7 Å². The summed E-state index contributed by atoms with van der Waals surface area (Å²) in [5.74, 6) is -0.389. The van der Waals surface area contributed by atoms with Gasteiger partial charge in [0.25, 0.3) is 5.91 Å². The molecule has 0 spiro atoms. The van der Waals surface area contributed by atoms with Crippen LogP contribution in [0.15, 0.2) is 29.2 Å². The van der Waals surface area contributed by atoms with Crippen LogP contribution in [0.4, 0.5) is 4.79 Å². The zero-order valence-corrected chi connectivity index (χ0v) is 15.8. The monoisotopic (exact) mass is 384 g/mol. The maximum atomic E-state index is 12.4. The van der Waals surface area contributed by atoms with Gasteiger partial charge in [-0.2, -0.15) is 0 Å². The lowest BCUT2D eigenvalue weighted by Gasteiger charge is -2.22. The van der Waals surface area contributed by atoms with E-state index in [1.165, 1.54) is 11.8 Å². The normalized spacial score (nSPS) is 16.0. The molecule has 1 N–H and O–H groups in total. The molecule has 1 saturated heterocycles. The van der Waals surface area contributed by atoms with Gasteiger partial charge in [0.15, 0.2) is 0 Å². The fourth-order valence-corrected chi connectivity index (χ4v) is 3.43. The number of carbonyl (C=O) groups excluding carboxylic acids is 3. The predicted octanol–water partition coefficient (Wildman–Crippen LogP) is 3.09. The number of hydrogen-bond donors (Lipinski definition) is 1. The largest absolute Gasteiger partial charge is 0.463 e. The minimum absolute atomic E-state index is 0.197. The van der Waals surface area contributed by atoms with E-state index in [1.54, 1.807) is 12.1 Å². The standard InChI is InChI=1S/C17H21ClN2O4S/c1-3-17(4-2)15(22)20(16(23)19-17)11-14(21)24-9-10-25-13-7-5-12(18)6-8-13/h5-8H,3-4,9-11H2,1-2H3,(H,19,23). The van der Waals surface area contributed by atoms with Crippen LogP contribution in [-0.4, -0.2) is 47.3 Å². The first-order valence-electron chi connectivity index (χ1n) is 8.10. The van der Waals surface area contributed by atoms with Gasteiger partial charge in [0.05, 0.1) is 0 Å². The first-order chi connectivity index (χ1) is 11.9. The van der Waals surface area contributed by atoms with E-state index in [2.05, 4.69) is 5.32 Å². The molecule has 0 unspecified atom stereocenters. The van der Waals surface area contributed by atoms with E-state index in [1.807, 2.05) is 26.0 Å². The number of nitrogens with one attached hydrogen (secondary N) is 1. The summed E-state index contributed by atoms with van der Waals surface area (Å²) in [5, 5.41) is 3.35. The highest BCUT2D eigenvalue weighted by molar-refractivity contribution is 7.99. The summed E-state index contributed by atoms with van der Waals surface area (Å²) in [6.45, 7) is 3.50. The maximum absolute atomic E-state index is 12.4. The zero-order valence-electron chi connectivity index (χ0n) is 14.2. The van der Waals surface area contributed by atoms with Crippen molar-refractivity contribution in [1.82, 2.24) is 10.2 Å². The van der Waals surface area contributed by atoms with Crippen molar-refractivity contribution in [3.05, 3.63) is 29.3 Å². The van der Waals surface area contributed by atoms with Gasteiger partial charge in [-0.1, -0.05) is 25.4 Å². The number of nitrogens with zero attached hydrogens (tertiary/aromatic N) is 1. The van der Waals surface area contributed by atoms with E-state index in [9.17, 15) is 14.4 Å². The summed E-state index contributed by atoms with van der Waals surface area (Å²) in [4.78, 5) is 38.2. The Bertz CT molecular complexity index is 647. The molecule has 1 aromatic rings. The van der Waals surface area contributed by atoms with Gasteiger partial charge >= 0.3 is 12.0 Å². The highest BCUT2D eigenvalue weighted by Gasteiger charge is 2.49. The van der Waals surface area contributed by atoms with Crippen molar-refractivity contribution in [3.63, 3.8) is 0 Å². The highest BCUT2D eigenvalue weighted by Crippen LogP contribution is 2.25. The Kier molecular flexibility index (Phi) is 6.72. The summed E-state index contributed by atoms with van der Waals surface area (Å²) in [6, 6.07) is 6.82. The van der Waals surface area contributed by atoms with E-state index in [-0.39, 0.29) is 19.1 Å². The van der Waals surface area contributed by atoms with Crippen LogP contribution >= 0.6 is 23.4 Å². The second kappa shape index (κ2) is 8.58. The number of ether oxygens (including phenoxy) is 1. The summed E-state index contributed by atoms with van der Waals surface area (Å²) < 4.78 is 5.12. The van der Waals surface area contributed by atoms with E-state index in [4.69, 9.17) is 16.3 Å². The zero-order chi connectivity index (χ0) is 18.4. The van der Waals surface area contributed by atoms with Crippen LogP contribution in [0.2, 0.25) is 5.02 Å². The fraction of sp³-hybridized carbons (Fsp3) is 0.471. The van der Waals surface area contributed by atoms with Gasteiger partial charge in [0, 0.05) is 15.7 Å². The lowest BCUT2D eigenvalue weighted by Crippen LogP contribution is -2.46. The molecule has 1 heterocycles. The Balaban J connectivity index is 1.77. The molecule has 1 aliphatic rings. The third-order valence-corrected chi connectivity index (χ3v) is 5.40. The van der Waals surface area contributed by atoms with E-state index < -0.39 is 17.5 Å². The first-order valence-corrected chi connectivity index (χ1v) is 9.46. The average molecular weight is 385 g/mol. The number of urea groups is 1. The highest BCUT2D eigenvalue weighted by atomic mass is 35.5. The molecule has 25 heavy (non-hydrogen) atoms. The molecule has 1 aromatic carbocycles. The summed E-state index contributed by atoms with van der Waals surface area (Å²) in [7, 11) is 0. The van der Waals surface area contributed by atoms with Crippen LogP contribution in [0.5, 0.6) is 0 Å². The van der Waals surface area contributed by atoms with Gasteiger partial charge in [-0.3, -0.25) is 14.5 Å². The SMILES string of the molecule is CCC1(CC)NC(=O)N(CC(=O)OCCSc2ccc(Cl)cc2)C1=O. The number of rotatable bonds is 8. The lowest BCUT2D eigenvalue weighted by atomic mass is 9.93. The van der Waals surface area contributed by atoms with E-state index in [0.29, 0.717) is 23.6 Å². The number of halogens is 1. The number of imide groups is 1. The predicted molar refractivity (Wildman–Crippen MR) is 96.7 cm³/mol. The Morgan fingerprint density at radius 2 is 1.88 bits per heavy atom. The van der Waals surface area contributed by atoms with Crippen molar-refractivity contribution >= 4 is 41.3 Å². The summed E-state index contributed by atoms with van der Waals surface area (Å²) in [5.41, 5.74) is -0.901. The second-order valence-corrected chi connectivity index (χ2v) is 7.24. The van der Waals surface area contributed by atoms with Crippen LogP contribution in [0, 0.1) is 0 Å².